The molecule has 23 heavy (non-hydrogen) atoms. The predicted octanol–water partition coefficient (Wildman–Crippen LogP) is 2.67. The zero-order valence-electron chi connectivity index (χ0n) is 14.9. The van der Waals surface area contributed by atoms with Crippen molar-refractivity contribution < 1.29 is 14.3 Å². The van der Waals surface area contributed by atoms with E-state index in [1.165, 1.54) is 0 Å². The van der Waals surface area contributed by atoms with Crippen LogP contribution in [-0.4, -0.2) is 35.6 Å². The number of nitriles is 1. The first-order valence-corrected chi connectivity index (χ1v) is 8.13. The molecule has 1 aliphatic rings. The number of nitrogens with two attached hydrogens (primary N) is 1. The van der Waals surface area contributed by atoms with Crippen LogP contribution in [-0.2, 0) is 9.53 Å². The van der Waals surface area contributed by atoms with Gasteiger partial charge in [-0.1, -0.05) is 20.8 Å². The molecule has 1 fully saturated rings. The molecule has 0 aromatic heterocycles. The van der Waals surface area contributed by atoms with Crippen molar-refractivity contribution in [3.8, 4) is 6.07 Å². The van der Waals surface area contributed by atoms with E-state index in [1.807, 2.05) is 25.7 Å². The van der Waals surface area contributed by atoms with E-state index in [4.69, 9.17) is 15.7 Å². The number of ether oxygens (including phenoxy) is 1. The highest BCUT2D eigenvalue weighted by atomic mass is 16.6. The van der Waals surface area contributed by atoms with Gasteiger partial charge in [-0.15, -0.1) is 0 Å². The molecule has 0 radical (unpaired) electrons. The monoisotopic (exact) mass is 323 g/mol. The summed E-state index contributed by atoms with van der Waals surface area (Å²) in [5.74, 6) is -0.174. The molecule has 1 rings (SSSR count). The lowest BCUT2D eigenvalue weighted by atomic mass is 9.74. The summed E-state index contributed by atoms with van der Waals surface area (Å²) >= 11 is 0. The first kappa shape index (κ1) is 19.3. The fourth-order valence-corrected chi connectivity index (χ4v) is 3.02. The number of rotatable bonds is 4. The standard InChI is InChI=1S/C17H29N3O3/c1-16(2,3)13(10-17(4,5)23-15(19)22)14(21)20-8-6-12(11-18)7-9-20/h12-13H,6-10H2,1-5H3,(H2,19,22)/t13-/m0/s1. The fraction of sp³-hybridized carbons (Fsp3) is 0.824. The maximum absolute atomic E-state index is 13.0. The Balaban J connectivity index is 2.85. The van der Waals surface area contributed by atoms with E-state index in [9.17, 15) is 9.59 Å². The third-order valence-corrected chi connectivity index (χ3v) is 4.41. The summed E-state index contributed by atoms with van der Waals surface area (Å²) < 4.78 is 5.16. The summed E-state index contributed by atoms with van der Waals surface area (Å²) in [6.45, 7) is 10.8. The number of hydrogen-bond donors (Lipinski definition) is 1. The summed E-state index contributed by atoms with van der Waals surface area (Å²) in [5, 5.41) is 8.98. The summed E-state index contributed by atoms with van der Waals surface area (Å²) in [6.07, 6.45) is 1.03. The lowest BCUT2D eigenvalue weighted by molar-refractivity contribution is -0.143. The van der Waals surface area contributed by atoms with E-state index in [-0.39, 0.29) is 23.2 Å². The molecule has 0 unspecified atom stereocenters. The van der Waals surface area contributed by atoms with Gasteiger partial charge in [-0.25, -0.2) is 4.79 Å². The van der Waals surface area contributed by atoms with Crippen LogP contribution in [0.5, 0.6) is 0 Å². The van der Waals surface area contributed by atoms with Gasteiger partial charge in [-0.2, -0.15) is 5.26 Å². The Morgan fingerprint density at radius 3 is 2.17 bits per heavy atom. The molecule has 0 aliphatic carbocycles. The zero-order valence-corrected chi connectivity index (χ0v) is 14.9. The average Bonchev–Trinajstić information content (AvgIpc) is 2.42. The van der Waals surface area contributed by atoms with E-state index in [2.05, 4.69) is 6.07 Å². The highest BCUT2D eigenvalue weighted by molar-refractivity contribution is 5.80. The Kier molecular flexibility index (Phi) is 6.04. The molecule has 6 heteroatoms. The van der Waals surface area contributed by atoms with Gasteiger partial charge < -0.3 is 15.4 Å². The van der Waals surface area contributed by atoms with E-state index in [0.717, 1.165) is 12.8 Å². The number of carbonyl (C=O) groups excluding carboxylic acids is 2. The molecular weight excluding hydrogens is 294 g/mol. The molecule has 2 N–H and O–H groups in total. The van der Waals surface area contributed by atoms with Crippen molar-refractivity contribution >= 4 is 12.0 Å². The van der Waals surface area contributed by atoms with Crippen LogP contribution in [0.1, 0.15) is 53.9 Å². The number of hydrogen-bond acceptors (Lipinski definition) is 4. The molecule has 2 amide bonds. The molecule has 130 valence electrons. The van der Waals surface area contributed by atoms with E-state index in [1.54, 1.807) is 13.8 Å². The third-order valence-electron chi connectivity index (χ3n) is 4.41. The number of nitrogens with zero attached hydrogens (tertiary/aromatic N) is 2. The van der Waals surface area contributed by atoms with Gasteiger partial charge in [-0.3, -0.25) is 4.79 Å². The Hall–Kier alpha value is -1.77. The quantitative estimate of drug-likeness (QED) is 0.860. The molecule has 6 nitrogen and oxygen atoms in total. The molecule has 1 aliphatic heterocycles. The number of carbonyl (C=O) groups is 2. The predicted molar refractivity (Wildman–Crippen MR) is 87.2 cm³/mol. The lowest BCUT2D eigenvalue weighted by Crippen LogP contribution is -2.48. The van der Waals surface area contributed by atoms with E-state index < -0.39 is 11.7 Å². The molecule has 1 heterocycles. The van der Waals surface area contributed by atoms with Crippen LogP contribution >= 0.6 is 0 Å². The van der Waals surface area contributed by atoms with Crippen LogP contribution in [0, 0.1) is 28.6 Å². The lowest BCUT2D eigenvalue weighted by Gasteiger charge is -2.40. The maximum Gasteiger partial charge on any atom is 0.405 e. The summed E-state index contributed by atoms with van der Waals surface area (Å²) in [4.78, 5) is 25.9. The van der Waals surface area contributed by atoms with Crippen LogP contribution in [0.4, 0.5) is 4.79 Å². The Morgan fingerprint density at radius 1 is 1.26 bits per heavy atom. The van der Waals surface area contributed by atoms with Gasteiger partial charge in [-0.05, 0) is 38.5 Å². The van der Waals surface area contributed by atoms with E-state index in [0.29, 0.717) is 19.5 Å². The molecule has 1 saturated heterocycles. The summed E-state index contributed by atoms with van der Waals surface area (Å²) in [5.41, 5.74) is 4.06. The average molecular weight is 323 g/mol. The first-order valence-electron chi connectivity index (χ1n) is 8.13. The fourth-order valence-electron chi connectivity index (χ4n) is 3.02. The second-order valence-corrected chi connectivity index (χ2v) is 8.03. The normalized spacial score (nSPS) is 18.2. The Labute approximate surface area is 139 Å². The number of primary amides is 1. The third kappa shape index (κ3) is 5.74. The topological polar surface area (TPSA) is 96.4 Å². The van der Waals surface area contributed by atoms with Gasteiger partial charge in [0, 0.05) is 24.9 Å². The molecule has 0 saturated carbocycles. The van der Waals surface area contributed by atoms with Gasteiger partial charge in [0.15, 0.2) is 0 Å². The Morgan fingerprint density at radius 2 is 1.78 bits per heavy atom. The van der Waals surface area contributed by atoms with Gasteiger partial charge >= 0.3 is 6.09 Å². The minimum Gasteiger partial charge on any atom is -0.444 e. The van der Waals surface area contributed by atoms with Crippen molar-refractivity contribution in [3.63, 3.8) is 0 Å². The van der Waals surface area contributed by atoms with Crippen molar-refractivity contribution in [1.82, 2.24) is 4.90 Å². The van der Waals surface area contributed by atoms with Crippen LogP contribution in [0.2, 0.25) is 0 Å². The maximum atomic E-state index is 13.0. The first-order chi connectivity index (χ1) is 10.5. The highest BCUT2D eigenvalue weighted by Gasteiger charge is 2.40. The summed E-state index contributed by atoms with van der Waals surface area (Å²) in [7, 11) is 0. The van der Waals surface area contributed by atoms with Crippen LogP contribution < -0.4 is 5.73 Å². The van der Waals surface area contributed by atoms with Gasteiger partial charge in [0.05, 0.1) is 6.07 Å². The molecule has 0 aromatic carbocycles. The van der Waals surface area contributed by atoms with Crippen LogP contribution in [0.25, 0.3) is 0 Å². The van der Waals surface area contributed by atoms with Crippen molar-refractivity contribution in [2.75, 3.05) is 13.1 Å². The second-order valence-electron chi connectivity index (χ2n) is 8.03. The van der Waals surface area contributed by atoms with Gasteiger partial charge in [0.2, 0.25) is 5.91 Å². The van der Waals surface area contributed by atoms with Crippen molar-refractivity contribution in [1.29, 1.82) is 5.26 Å². The Bertz CT molecular complexity index is 480. The second kappa shape index (κ2) is 7.20. The number of amides is 2. The minimum atomic E-state index is -0.829. The molecular formula is C17H29N3O3. The smallest absolute Gasteiger partial charge is 0.405 e. The zero-order chi connectivity index (χ0) is 17.8. The molecule has 1 atom stereocenters. The van der Waals surface area contributed by atoms with E-state index >= 15 is 0 Å². The van der Waals surface area contributed by atoms with Crippen molar-refractivity contribution in [2.45, 2.75) is 59.5 Å². The van der Waals surface area contributed by atoms with Gasteiger partial charge in [0.1, 0.15) is 5.60 Å². The largest absolute Gasteiger partial charge is 0.444 e. The van der Waals surface area contributed by atoms with Gasteiger partial charge in [0.25, 0.3) is 0 Å². The summed E-state index contributed by atoms with van der Waals surface area (Å²) in [6, 6.07) is 2.27. The van der Waals surface area contributed by atoms with Crippen molar-refractivity contribution in [2.24, 2.45) is 23.0 Å². The number of piperidine rings is 1. The van der Waals surface area contributed by atoms with Crippen LogP contribution in [0.3, 0.4) is 0 Å². The number of likely N-dealkylation sites (tertiary alicyclic amines) is 1. The molecule has 0 spiro atoms. The van der Waals surface area contributed by atoms with Crippen LogP contribution in [0.15, 0.2) is 0 Å². The molecule has 0 aromatic rings. The minimum absolute atomic E-state index is 0.0433. The highest BCUT2D eigenvalue weighted by Crippen LogP contribution is 2.36. The van der Waals surface area contributed by atoms with Crippen molar-refractivity contribution in [3.05, 3.63) is 0 Å². The SMILES string of the molecule is CC(C)(C[C@@H](C(=O)N1CCC(C#N)CC1)C(C)(C)C)OC(N)=O. The molecule has 0 bridgehead atoms.